The van der Waals surface area contributed by atoms with Gasteiger partial charge in [-0.05, 0) is 94.5 Å². The van der Waals surface area contributed by atoms with Gasteiger partial charge in [-0.25, -0.2) is 0 Å². The van der Waals surface area contributed by atoms with Crippen LogP contribution in [0, 0.1) is 0 Å². The summed E-state index contributed by atoms with van der Waals surface area (Å²) in [6.07, 6.45) is 3.06. The second kappa shape index (κ2) is 12.9. The van der Waals surface area contributed by atoms with Gasteiger partial charge in [0.1, 0.15) is 11.5 Å². The molecular formula is C36H43N5O4. The molecular weight excluding hydrogens is 566 g/mol. The van der Waals surface area contributed by atoms with Crippen molar-refractivity contribution < 1.29 is 19.1 Å². The van der Waals surface area contributed by atoms with Crippen molar-refractivity contribution in [3.63, 3.8) is 0 Å². The zero-order chi connectivity index (χ0) is 30.9. The van der Waals surface area contributed by atoms with E-state index in [0.717, 1.165) is 123 Å². The molecule has 45 heavy (non-hydrogen) atoms. The van der Waals surface area contributed by atoms with Crippen LogP contribution in [0.15, 0.2) is 36.4 Å². The van der Waals surface area contributed by atoms with Crippen molar-refractivity contribution in [1.82, 2.24) is 25.8 Å². The highest BCUT2D eigenvalue weighted by Crippen LogP contribution is 2.51. The predicted octanol–water partition coefficient (Wildman–Crippen LogP) is 2.92. The van der Waals surface area contributed by atoms with Crippen molar-refractivity contribution in [2.75, 3.05) is 79.7 Å². The largest absolute Gasteiger partial charge is 0.497 e. The number of amides is 2. The first kappa shape index (κ1) is 29.9. The first-order chi connectivity index (χ1) is 22.1. The maximum absolute atomic E-state index is 14.3. The lowest BCUT2D eigenvalue weighted by Gasteiger charge is -2.31. The molecule has 2 amide bonds. The average Bonchev–Trinajstić information content (AvgIpc) is 3.32. The zero-order valence-electron chi connectivity index (χ0n) is 26.4. The molecule has 4 aliphatic rings. The maximum atomic E-state index is 14.3. The average molecular weight is 610 g/mol. The summed E-state index contributed by atoms with van der Waals surface area (Å²) in [5, 5.41) is 10.4. The van der Waals surface area contributed by atoms with Crippen LogP contribution in [0.5, 0.6) is 11.5 Å². The Kier molecular flexibility index (Phi) is 8.59. The Morgan fingerprint density at radius 3 is 1.53 bits per heavy atom. The summed E-state index contributed by atoms with van der Waals surface area (Å²) in [6.45, 7) is 8.25. The SMILES string of the molecule is COc1ccc2c(c1)-c1c(c3c(c4c1-c1cc(OC)ccc1CC4)C(=O)N(CCN1CCNCCNCCNCC1)C3=O)CC2. The third kappa shape index (κ3) is 5.52. The van der Waals surface area contributed by atoms with Gasteiger partial charge in [0.25, 0.3) is 11.8 Å². The van der Waals surface area contributed by atoms with Crippen LogP contribution in [0.4, 0.5) is 0 Å². The van der Waals surface area contributed by atoms with Crippen LogP contribution in [0.3, 0.4) is 0 Å². The van der Waals surface area contributed by atoms with E-state index in [2.05, 4.69) is 45.1 Å². The van der Waals surface area contributed by atoms with Crippen molar-refractivity contribution in [3.8, 4) is 33.8 Å². The molecule has 2 aliphatic heterocycles. The number of benzene rings is 3. The number of fused-ring (bicyclic) bond motifs is 10. The van der Waals surface area contributed by atoms with Gasteiger partial charge in [-0.2, -0.15) is 0 Å². The summed E-state index contributed by atoms with van der Waals surface area (Å²) in [4.78, 5) is 32.5. The minimum absolute atomic E-state index is 0.145. The number of carbonyl (C=O) groups is 2. The molecule has 236 valence electrons. The van der Waals surface area contributed by atoms with E-state index in [9.17, 15) is 9.59 Å². The van der Waals surface area contributed by atoms with Crippen LogP contribution in [0.25, 0.3) is 22.3 Å². The number of methoxy groups -OCH3 is 2. The minimum atomic E-state index is -0.145. The second-order valence-electron chi connectivity index (χ2n) is 12.4. The molecule has 3 aromatic rings. The molecule has 0 radical (unpaired) electrons. The standard InChI is InChI=1S/C36H43N5O4/c1-44-25-7-3-23-5-9-27-31(29(23)21-25)32-28(10-6-24-4-8-26(45-2)22-30(24)32)34-33(27)35(42)41(36(34)43)20-19-40-17-15-38-13-11-37-12-14-39-16-18-40/h3-4,7-8,21-22,37-39H,5-6,9-20H2,1-2H3. The molecule has 3 aromatic carbocycles. The smallest absolute Gasteiger partial charge is 0.261 e. The third-order valence-corrected chi connectivity index (χ3v) is 9.89. The molecule has 0 bridgehead atoms. The van der Waals surface area contributed by atoms with E-state index in [1.165, 1.54) is 16.0 Å². The van der Waals surface area contributed by atoms with Crippen molar-refractivity contribution in [2.24, 2.45) is 0 Å². The van der Waals surface area contributed by atoms with Crippen LogP contribution in [0.1, 0.15) is 43.0 Å². The van der Waals surface area contributed by atoms with Gasteiger partial charge in [0.05, 0.1) is 25.3 Å². The van der Waals surface area contributed by atoms with Crippen LogP contribution >= 0.6 is 0 Å². The number of nitrogens with zero attached hydrogens (tertiary/aromatic N) is 2. The first-order valence-electron chi connectivity index (χ1n) is 16.4. The van der Waals surface area contributed by atoms with E-state index in [1.54, 1.807) is 14.2 Å². The first-order valence-corrected chi connectivity index (χ1v) is 16.4. The fourth-order valence-corrected chi connectivity index (χ4v) is 7.55. The number of hydrogen-bond acceptors (Lipinski definition) is 8. The van der Waals surface area contributed by atoms with Crippen LogP contribution < -0.4 is 25.4 Å². The van der Waals surface area contributed by atoms with Crippen LogP contribution in [-0.2, 0) is 25.7 Å². The van der Waals surface area contributed by atoms with Crippen molar-refractivity contribution >= 4 is 11.8 Å². The Hall–Kier alpha value is -3.76. The fraction of sp³-hybridized carbons (Fsp3) is 0.444. The minimum Gasteiger partial charge on any atom is -0.497 e. The summed E-state index contributed by atoms with van der Waals surface area (Å²) in [5.74, 6) is 1.28. The number of carbonyl (C=O) groups excluding carboxylic acids is 2. The Morgan fingerprint density at radius 2 is 1.07 bits per heavy atom. The molecule has 1 saturated heterocycles. The Morgan fingerprint density at radius 1 is 0.600 bits per heavy atom. The lowest BCUT2D eigenvalue weighted by Crippen LogP contribution is -2.45. The topological polar surface area (TPSA) is 95.2 Å². The lowest BCUT2D eigenvalue weighted by atomic mass is 9.72. The van der Waals surface area contributed by atoms with Gasteiger partial charge < -0.3 is 25.4 Å². The van der Waals surface area contributed by atoms with Gasteiger partial charge in [-0.1, -0.05) is 12.1 Å². The Balaban J connectivity index is 1.28. The number of hydrogen-bond donors (Lipinski definition) is 3. The number of rotatable bonds is 5. The summed E-state index contributed by atoms with van der Waals surface area (Å²) in [5.41, 5.74) is 10.1. The molecule has 9 nitrogen and oxygen atoms in total. The lowest BCUT2D eigenvalue weighted by molar-refractivity contribution is 0.0636. The maximum Gasteiger partial charge on any atom is 0.261 e. The molecule has 0 unspecified atom stereocenters. The van der Waals surface area contributed by atoms with Crippen molar-refractivity contribution in [1.29, 1.82) is 0 Å². The van der Waals surface area contributed by atoms with Crippen LogP contribution in [0.2, 0.25) is 0 Å². The van der Waals surface area contributed by atoms with E-state index in [4.69, 9.17) is 9.47 Å². The van der Waals surface area contributed by atoms with E-state index in [0.29, 0.717) is 24.2 Å². The van der Waals surface area contributed by atoms with Crippen molar-refractivity contribution in [3.05, 3.63) is 69.8 Å². The number of ether oxygens (including phenoxy) is 2. The van der Waals surface area contributed by atoms with Gasteiger partial charge in [0.15, 0.2) is 0 Å². The molecule has 2 heterocycles. The molecule has 0 saturated carbocycles. The zero-order valence-corrected chi connectivity index (χ0v) is 26.4. The molecule has 0 atom stereocenters. The monoisotopic (exact) mass is 609 g/mol. The van der Waals surface area contributed by atoms with E-state index >= 15 is 0 Å². The van der Waals surface area contributed by atoms with Gasteiger partial charge in [-0.3, -0.25) is 19.4 Å². The highest BCUT2D eigenvalue weighted by molar-refractivity contribution is 6.25. The molecule has 0 aromatic heterocycles. The summed E-state index contributed by atoms with van der Waals surface area (Å²) >= 11 is 0. The normalized spacial score (nSPS) is 18.6. The van der Waals surface area contributed by atoms with Gasteiger partial charge in [-0.15, -0.1) is 0 Å². The molecule has 2 aliphatic carbocycles. The highest BCUT2D eigenvalue weighted by Gasteiger charge is 2.44. The van der Waals surface area contributed by atoms with Gasteiger partial charge in [0.2, 0.25) is 0 Å². The summed E-state index contributed by atoms with van der Waals surface area (Å²) < 4.78 is 11.3. The van der Waals surface area contributed by atoms with Gasteiger partial charge >= 0.3 is 0 Å². The Labute approximate surface area is 265 Å². The summed E-state index contributed by atoms with van der Waals surface area (Å²) in [6, 6.07) is 12.5. The van der Waals surface area contributed by atoms with E-state index in [1.807, 2.05) is 12.1 Å². The number of nitrogens with one attached hydrogen (secondary N) is 3. The predicted molar refractivity (Wildman–Crippen MR) is 176 cm³/mol. The van der Waals surface area contributed by atoms with Gasteiger partial charge in [0, 0.05) is 65.4 Å². The number of aryl methyl sites for hydroxylation is 2. The molecule has 7 rings (SSSR count). The van der Waals surface area contributed by atoms with Crippen molar-refractivity contribution in [2.45, 2.75) is 25.7 Å². The van der Waals surface area contributed by atoms with E-state index in [-0.39, 0.29) is 11.8 Å². The third-order valence-electron chi connectivity index (χ3n) is 9.89. The molecule has 3 N–H and O–H groups in total. The fourth-order valence-electron chi connectivity index (χ4n) is 7.55. The Bertz CT molecular complexity index is 1520. The highest BCUT2D eigenvalue weighted by atomic mass is 16.5. The number of imide groups is 1. The van der Waals surface area contributed by atoms with Crippen LogP contribution in [-0.4, -0.2) is 101 Å². The van der Waals surface area contributed by atoms with E-state index < -0.39 is 0 Å². The molecule has 9 heteroatoms. The quantitative estimate of drug-likeness (QED) is 0.381. The summed E-state index contributed by atoms with van der Waals surface area (Å²) in [7, 11) is 3.37. The second-order valence-corrected chi connectivity index (χ2v) is 12.4. The molecule has 0 spiro atoms. The molecule has 1 fully saturated rings.